The van der Waals surface area contributed by atoms with Gasteiger partial charge < -0.3 is 9.84 Å². The Hall–Kier alpha value is -1.03. The summed E-state index contributed by atoms with van der Waals surface area (Å²) in [5.41, 5.74) is 0.260. The maximum Gasteiger partial charge on any atom is 0.279 e. The van der Waals surface area contributed by atoms with E-state index in [0.29, 0.717) is 39.1 Å². The number of nitrogens with one attached hydrogen (secondary N) is 1. The van der Waals surface area contributed by atoms with Crippen molar-refractivity contribution in [3.63, 3.8) is 0 Å². The van der Waals surface area contributed by atoms with Crippen LogP contribution < -0.4 is 4.72 Å². The molecule has 0 radical (unpaired) electrons. The molecular formula is C18H29N3O4S. The van der Waals surface area contributed by atoms with Gasteiger partial charge in [0.15, 0.2) is 0 Å². The topological polar surface area (TPSA) is 82.1 Å². The van der Waals surface area contributed by atoms with Gasteiger partial charge in [0.1, 0.15) is 0 Å². The molecule has 8 heteroatoms. The molecule has 1 aromatic carbocycles. The van der Waals surface area contributed by atoms with Crippen LogP contribution >= 0.6 is 0 Å². The Morgan fingerprint density at radius 3 is 2.54 bits per heavy atom. The van der Waals surface area contributed by atoms with Crippen LogP contribution in [0.3, 0.4) is 0 Å². The summed E-state index contributed by atoms with van der Waals surface area (Å²) in [5.74, 6) is 0. The third-order valence-electron chi connectivity index (χ3n) is 5.15. The molecule has 0 unspecified atom stereocenters. The summed E-state index contributed by atoms with van der Waals surface area (Å²) in [6.07, 6.45) is 2.01. The van der Waals surface area contributed by atoms with Crippen molar-refractivity contribution < 1.29 is 18.3 Å². The number of aliphatic hydroxyl groups is 1. The van der Waals surface area contributed by atoms with Crippen molar-refractivity contribution in [2.75, 3.05) is 45.9 Å². The van der Waals surface area contributed by atoms with E-state index >= 15 is 0 Å². The first-order valence-electron chi connectivity index (χ1n) is 9.28. The number of hydrogen-bond donors (Lipinski definition) is 2. The minimum atomic E-state index is -3.57. The fourth-order valence-corrected chi connectivity index (χ4v) is 4.78. The smallest absolute Gasteiger partial charge is 0.279 e. The van der Waals surface area contributed by atoms with Gasteiger partial charge in [-0.2, -0.15) is 17.4 Å². The fraction of sp³-hybridized carbons (Fsp3) is 0.667. The first-order valence-corrected chi connectivity index (χ1v) is 10.7. The predicted octanol–water partition coefficient (Wildman–Crippen LogP) is 0.570. The SMILES string of the molecule is O=S(=O)(NC[C@]1(O)CCCN(Cc2ccccc2)CC1)N1CCOCC1. The maximum atomic E-state index is 12.4. The molecule has 2 heterocycles. The zero-order valence-corrected chi connectivity index (χ0v) is 16.0. The molecule has 0 aromatic heterocycles. The van der Waals surface area contributed by atoms with Crippen LogP contribution in [0.4, 0.5) is 0 Å². The number of hydrogen-bond acceptors (Lipinski definition) is 5. The van der Waals surface area contributed by atoms with E-state index in [9.17, 15) is 13.5 Å². The van der Waals surface area contributed by atoms with Crippen LogP contribution in [0.25, 0.3) is 0 Å². The van der Waals surface area contributed by atoms with E-state index in [1.54, 1.807) is 0 Å². The van der Waals surface area contributed by atoms with Gasteiger partial charge in [0.05, 0.1) is 18.8 Å². The molecular weight excluding hydrogens is 354 g/mol. The summed E-state index contributed by atoms with van der Waals surface area (Å²) in [6, 6.07) is 10.3. The average molecular weight is 384 g/mol. The Balaban J connectivity index is 1.52. The Kier molecular flexibility index (Phi) is 6.65. The van der Waals surface area contributed by atoms with Gasteiger partial charge in [-0.25, -0.2) is 0 Å². The van der Waals surface area contributed by atoms with E-state index in [-0.39, 0.29) is 6.54 Å². The molecule has 1 atom stereocenters. The quantitative estimate of drug-likeness (QED) is 0.751. The molecule has 2 aliphatic rings. The lowest BCUT2D eigenvalue weighted by atomic mass is 9.95. The molecule has 1 aromatic rings. The van der Waals surface area contributed by atoms with Crippen molar-refractivity contribution in [3.8, 4) is 0 Å². The number of likely N-dealkylation sites (tertiary alicyclic amines) is 1. The first-order chi connectivity index (χ1) is 12.5. The van der Waals surface area contributed by atoms with Crippen LogP contribution in [-0.2, 0) is 21.5 Å². The van der Waals surface area contributed by atoms with Crippen LogP contribution in [0.5, 0.6) is 0 Å². The van der Waals surface area contributed by atoms with Gasteiger partial charge in [-0.1, -0.05) is 30.3 Å². The summed E-state index contributed by atoms with van der Waals surface area (Å²) < 4.78 is 34.0. The lowest BCUT2D eigenvalue weighted by Crippen LogP contribution is -2.51. The van der Waals surface area contributed by atoms with E-state index in [1.165, 1.54) is 9.87 Å². The third kappa shape index (κ3) is 5.48. The van der Waals surface area contributed by atoms with E-state index in [0.717, 1.165) is 26.1 Å². The molecule has 2 fully saturated rings. The second-order valence-electron chi connectivity index (χ2n) is 7.18. The van der Waals surface area contributed by atoms with E-state index in [1.807, 2.05) is 18.2 Å². The molecule has 2 aliphatic heterocycles. The van der Waals surface area contributed by atoms with E-state index in [2.05, 4.69) is 21.8 Å². The lowest BCUT2D eigenvalue weighted by Gasteiger charge is -2.30. The highest BCUT2D eigenvalue weighted by Crippen LogP contribution is 2.23. The number of morpholine rings is 1. The minimum absolute atomic E-state index is 0.0614. The summed E-state index contributed by atoms with van der Waals surface area (Å²) in [5, 5.41) is 10.9. The van der Waals surface area contributed by atoms with Gasteiger partial charge in [-0.05, 0) is 31.4 Å². The average Bonchev–Trinajstić information content (AvgIpc) is 2.84. The van der Waals surface area contributed by atoms with Crippen LogP contribution in [-0.4, -0.2) is 74.3 Å². The van der Waals surface area contributed by atoms with Crippen LogP contribution in [0, 0.1) is 0 Å². The second-order valence-corrected chi connectivity index (χ2v) is 8.93. The Labute approximate surface area is 156 Å². The zero-order valence-electron chi connectivity index (χ0n) is 15.1. The summed E-state index contributed by atoms with van der Waals surface area (Å²) in [7, 11) is -3.57. The largest absolute Gasteiger partial charge is 0.388 e. The Bertz CT molecular complexity index is 664. The normalized spacial score (nSPS) is 26.5. The van der Waals surface area contributed by atoms with Crippen molar-refractivity contribution in [2.24, 2.45) is 0 Å². The van der Waals surface area contributed by atoms with Gasteiger partial charge in [0.25, 0.3) is 10.2 Å². The minimum Gasteiger partial charge on any atom is -0.388 e. The number of benzene rings is 1. The highest BCUT2D eigenvalue weighted by Gasteiger charge is 2.33. The first kappa shape index (κ1) is 19.7. The molecule has 146 valence electrons. The standard InChI is InChI=1S/C18H29N3O4S/c22-18(16-19-26(23,24)21-11-13-25-14-12-21)7-4-9-20(10-8-18)15-17-5-2-1-3-6-17/h1-3,5-6,19,22H,4,7-16H2/t18-/m0/s1. The van der Waals surface area contributed by atoms with Gasteiger partial charge in [-0.3, -0.25) is 4.90 Å². The van der Waals surface area contributed by atoms with Crippen LogP contribution in [0.2, 0.25) is 0 Å². The second kappa shape index (κ2) is 8.77. The van der Waals surface area contributed by atoms with Gasteiger partial charge >= 0.3 is 0 Å². The van der Waals surface area contributed by atoms with Crippen molar-refractivity contribution >= 4 is 10.2 Å². The highest BCUT2D eigenvalue weighted by molar-refractivity contribution is 7.87. The Morgan fingerprint density at radius 1 is 1.08 bits per heavy atom. The van der Waals surface area contributed by atoms with E-state index < -0.39 is 15.8 Å². The van der Waals surface area contributed by atoms with Gasteiger partial charge in [0.2, 0.25) is 0 Å². The molecule has 2 N–H and O–H groups in total. The molecule has 0 amide bonds. The molecule has 7 nitrogen and oxygen atoms in total. The van der Waals surface area contributed by atoms with Gasteiger partial charge in [-0.15, -0.1) is 0 Å². The van der Waals surface area contributed by atoms with Crippen molar-refractivity contribution in [2.45, 2.75) is 31.4 Å². The molecule has 0 bridgehead atoms. The Morgan fingerprint density at radius 2 is 1.81 bits per heavy atom. The summed E-state index contributed by atoms with van der Waals surface area (Å²) >= 11 is 0. The molecule has 26 heavy (non-hydrogen) atoms. The van der Waals surface area contributed by atoms with Crippen LogP contribution in [0.15, 0.2) is 30.3 Å². The van der Waals surface area contributed by atoms with Gasteiger partial charge in [0, 0.05) is 32.7 Å². The van der Waals surface area contributed by atoms with Crippen molar-refractivity contribution in [3.05, 3.63) is 35.9 Å². The monoisotopic (exact) mass is 383 g/mol. The zero-order chi connectivity index (χ0) is 18.5. The number of nitrogens with zero attached hydrogens (tertiary/aromatic N) is 2. The molecule has 3 rings (SSSR count). The summed E-state index contributed by atoms with van der Waals surface area (Å²) in [6.45, 7) is 4.14. The highest BCUT2D eigenvalue weighted by atomic mass is 32.2. The number of ether oxygens (including phenoxy) is 1. The van der Waals surface area contributed by atoms with E-state index in [4.69, 9.17) is 4.74 Å². The predicted molar refractivity (Wildman–Crippen MR) is 99.8 cm³/mol. The molecule has 0 saturated carbocycles. The van der Waals surface area contributed by atoms with Crippen molar-refractivity contribution in [1.82, 2.24) is 13.9 Å². The lowest BCUT2D eigenvalue weighted by molar-refractivity contribution is 0.0293. The maximum absolute atomic E-state index is 12.4. The summed E-state index contributed by atoms with van der Waals surface area (Å²) in [4.78, 5) is 2.32. The fourth-order valence-electron chi connectivity index (χ4n) is 3.52. The third-order valence-corrected chi connectivity index (χ3v) is 6.71. The van der Waals surface area contributed by atoms with Crippen LogP contribution in [0.1, 0.15) is 24.8 Å². The molecule has 0 aliphatic carbocycles. The van der Waals surface area contributed by atoms with Crippen molar-refractivity contribution in [1.29, 1.82) is 0 Å². The number of rotatable bonds is 6. The molecule has 2 saturated heterocycles. The molecule has 0 spiro atoms.